The lowest BCUT2D eigenvalue weighted by Gasteiger charge is -2.21. The SMILES string of the molecule is CCN(CCc1nc2ccc(F)cc2[nH]1)C(=O)NCc1cncn1CC. The summed E-state index contributed by atoms with van der Waals surface area (Å²) < 4.78 is 15.3. The van der Waals surface area contributed by atoms with Crippen LogP contribution in [0.1, 0.15) is 25.4 Å². The molecule has 0 aliphatic rings. The second kappa shape index (κ2) is 7.99. The van der Waals surface area contributed by atoms with Gasteiger partial charge in [-0.3, -0.25) is 0 Å². The molecule has 3 rings (SSSR count). The number of urea groups is 1. The Morgan fingerprint density at radius 3 is 3.00 bits per heavy atom. The van der Waals surface area contributed by atoms with E-state index in [1.54, 1.807) is 23.5 Å². The first-order valence-electron chi connectivity index (χ1n) is 8.76. The third-order valence-electron chi connectivity index (χ3n) is 4.34. The van der Waals surface area contributed by atoms with Gasteiger partial charge in [-0.25, -0.2) is 19.2 Å². The molecule has 0 saturated heterocycles. The number of halogens is 1. The van der Waals surface area contributed by atoms with Crippen molar-refractivity contribution >= 4 is 17.1 Å². The van der Waals surface area contributed by atoms with Crippen molar-refractivity contribution in [2.24, 2.45) is 0 Å². The Hall–Kier alpha value is -2.90. The quantitative estimate of drug-likeness (QED) is 0.682. The molecule has 138 valence electrons. The first kappa shape index (κ1) is 17.9. The largest absolute Gasteiger partial charge is 0.342 e. The average molecular weight is 358 g/mol. The van der Waals surface area contributed by atoms with Gasteiger partial charge >= 0.3 is 6.03 Å². The summed E-state index contributed by atoms with van der Waals surface area (Å²) in [5.41, 5.74) is 2.36. The average Bonchev–Trinajstić information content (AvgIpc) is 3.25. The number of aromatic amines is 1. The van der Waals surface area contributed by atoms with Gasteiger partial charge in [0, 0.05) is 32.3 Å². The van der Waals surface area contributed by atoms with Gasteiger partial charge in [0.25, 0.3) is 0 Å². The highest BCUT2D eigenvalue weighted by Gasteiger charge is 2.13. The van der Waals surface area contributed by atoms with Crippen LogP contribution in [0.4, 0.5) is 9.18 Å². The van der Waals surface area contributed by atoms with Crippen molar-refractivity contribution in [1.82, 2.24) is 29.7 Å². The fraction of sp³-hybridized carbons (Fsp3) is 0.389. The first-order valence-corrected chi connectivity index (χ1v) is 8.76. The number of hydrogen-bond donors (Lipinski definition) is 2. The Labute approximate surface area is 151 Å². The van der Waals surface area contributed by atoms with E-state index in [-0.39, 0.29) is 11.8 Å². The number of imidazole rings is 2. The fourth-order valence-corrected chi connectivity index (χ4v) is 2.86. The molecule has 0 spiro atoms. The number of likely N-dealkylation sites (N-methyl/N-ethyl adjacent to an activating group) is 1. The molecule has 2 N–H and O–H groups in total. The van der Waals surface area contributed by atoms with Gasteiger partial charge in [-0.15, -0.1) is 0 Å². The Morgan fingerprint density at radius 1 is 1.38 bits per heavy atom. The summed E-state index contributed by atoms with van der Waals surface area (Å²) in [7, 11) is 0. The molecule has 0 aliphatic carbocycles. The van der Waals surface area contributed by atoms with Crippen molar-refractivity contribution in [2.45, 2.75) is 33.4 Å². The number of aromatic nitrogens is 4. The molecule has 0 bridgehead atoms. The second-order valence-electron chi connectivity index (χ2n) is 6.00. The number of benzene rings is 1. The molecular weight excluding hydrogens is 335 g/mol. The number of rotatable bonds is 7. The number of carbonyl (C=O) groups is 1. The first-order chi connectivity index (χ1) is 12.6. The summed E-state index contributed by atoms with van der Waals surface area (Å²) in [4.78, 5) is 25.8. The molecule has 26 heavy (non-hydrogen) atoms. The highest BCUT2D eigenvalue weighted by molar-refractivity contribution is 5.75. The van der Waals surface area contributed by atoms with Crippen molar-refractivity contribution in [2.75, 3.05) is 13.1 Å². The van der Waals surface area contributed by atoms with E-state index in [4.69, 9.17) is 0 Å². The summed E-state index contributed by atoms with van der Waals surface area (Å²) in [6.45, 7) is 6.34. The molecule has 3 aromatic rings. The summed E-state index contributed by atoms with van der Waals surface area (Å²) in [5.74, 6) is 0.439. The minimum atomic E-state index is -0.298. The van der Waals surface area contributed by atoms with E-state index < -0.39 is 0 Å². The zero-order valence-electron chi connectivity index (χ0n) is 15.0. The van der Waals surface area contributed by atoms with E-state index in [1.807, 2.05) is 18.4 Å². The van der Waals surface area contributed by atoms with Crippen LogP contribution in [-0.2, 0) is 19.5 Å². The molecule has 1 aromatic carbocycles. The van der Waals surface area contributed by atoms with Crippen molar-refractivity contribution in [1.29, 1.82) is 0 Å². The summed E-state index contributed by atoms with van der Waals surface area (Å²) in [6.07, 6.45) is 4.08. The molecule has 0 radical (unpaired) electrons. The molecular formula is C18H23FN6O. The van der Waals surface area contributed by atoms with E-state index in [9.17, 15) is 9.18 Å². The fourth-order valence-electron chi connectivity index (χ4n) is 2.86. The smallest absolute Gasteiger partial charge is 0.317 e. The van der Waals surface area contributed by atoms with Crippen LogP contribution in [0.2, 0.25) is 0 Å². The molecule has 0 fully saturated rings. The number of carbonyl (C=O) groups excluding carboxylic acids is 1. The molecule has 0 saturated carbocycles. The monoisotopic (exact) mass is 358 g/mol. The highest BCUT2D eigenvalue weighted by Crippen LogP contribution is 2.13. The summed E-state index contributed by atoms with van der Waals surface area (Å²) in [5, 5.41) is 2.93. The Balaban J connectivity index is 1.56. The summed E-state index contributed by atoms with van der Waals surface area (Å²) >= 11 is 0. The molecule has 2 heterocycles. The topological polar surface area (TPSA) is 78.8 Å². The third-order valence-corrected chi connectivity index (χ3v) is 4.34. The van der Waals surface area contributed by atoms with Gasteiger partial charge in [0.1, 0.15) is 11.6 Å². The van der Waals surface area contributed by atoms with E-state index in [1.165, 1.54) is 12.1 Å². The number of nitrogens with zero attached hydrogens (tertiary/aromatic N) is 4. The van der Waals surface area contributed by atoms with Gasteiger partial charge in [-0.05, 0) is 32.0 Å². The van der Waals surface area contributed by atoms with Crippen LogP contribution in [0.25, 0.3) is 11.0 Å². The van der Waals surface area contributed by atoms with Crippen LogP contribution in [0, 0.1) is 5.82 Å². The van der Waals surface area contributed by atoms with Gasteiger partial charge in [0.05, 0.1) is 29.6 Å². The number of hydrogen-bond acceptors (Lipinski definition) is 3. The number of H-pyrrole nitrogens is 1. The number of nitrogens with one attached hydrogen (secondary N) is 2. The molecule has 0 aliphatic heterocycles. The van der Waals surface area contributed by atoms with Gasteiger partial charge in [0.2, 0.25) is 0 Å². The maximum absolute atomic E-state index is 13.3. The zero-order valence-corrected chi connectivity index (χ0v) is 15.0. The van der Waals surface area contributed by atoms with Gasteiger partial charge < -0.3 is 19.8 Å². The van der Waals surface area contributed by atoms with Gasteiger partial charge in [-0.1, -0.05) is 0 Å². The van der Waals surface area contributed by atoms with Crippen LogP contribution in [-0.4, -0.2) is 43.5 Å². The number of amides is 2. The van der Waals surface area contributed by atoms with Crippen molar-refractivity contribution in [3.8, 4) is 0 Å². The minimum absolute atomic E-state index is 0.126. The zero-order chi connectivity index (χ0) is 18.5. The highest BCUT2D eigenvalue weighted by atomic mass is 19.1. The molecule has 0 atom stereocenters. The second-order valence-corrected chi connectivity index (χ2v) is 6.00. The van der Waals surface area contributed by atoms with Crippen LogP contribution in [0.3, 0.4) is 0 Å². The van der Waals surface area contributed by atoms with E-state index in [0.29, 0.717) is 31.6 Å². The molecule has 7 nitrogen and oxygen atoms in total. The predicted octanol–water partition coefficient (Wildman–Crippen LogP) is 2.69. The van der Waals surface area contributed by atoms with Gasteiger partial charge in [-0.2, -0.15) is 0 Å². The number of fused-ring (bicyclic) bond motifs is 1. The normalized spacial score (nSPS) is 11.0. The van der Waals surface area contributed by atoms with Crippen molar-refractivity contribution in [3.63, 3.8) is 0 Å². The van der Waals surface area contributed by atoms with Crippen LogP contribution in [0.5, 0.6) is 0 Å². The summed E-state index contributed by atoms with van der Waals surface area (Å²) in [6, 6.07) is 4.33. The van der Waals surface area contributed by atoms with E-state index in [2.05, 4.69) is 20.3 Å². The molecule has 2 amide bonds. The standard InChI is InChI=1S/C18H23FN6O/c1-3-24(18(26)21-11-14-10-20-12-25(14)4-2)8-7-17-22-15-6-5-13(19)9-16(15)23-17/h5-6,9-10,12H,3-4,7-8,11H2,1-2H3,(H,21,26)(H,22,23). The Kier molecular flexibility index (Phi) is 5.50. The molecule has 0 unspecified atom stereocenters. The van der Waals surface area contributed by atoms with Crippen LogP contribution >= 0.6 is 0 Å². The molecule has 2 aromatic heterocycles. The lowest BCUT2D eigenvalue weighted by atomic mass is 10.3. The maximum atomic E-state index is 13.3. The lowest BCUT2D eigenvalue weighted by Crippen LogP contribution is -2.41. The van der Waals surface area contributed by atoms with Crippen molar-refractivity contribution < 1.29 is 9.18 Å². The van der Waals surface area contributed by atoms with Gasteiger partial charge in [0.15, 0.2) is 0 Å². The third kappa shape index (κ3) is 4.01. The molecule has 8 heteroatoms. The Morgan fingerprint density at radius 2 is 2.23 bits per heavy atom. The van der Waals surface area contributed by atoms with E-state index in [0.717, 1.165) is 23.6 Å². The Bertz CT molecular complexity index is 887. The van der Waals surface area contributed by atoms with Crippen LogP contribution < -0.4 is 5.32 Å². The predicted molar refractivity (Wildman–Crippen MR) is 97.1 cm³/mol. The van der Waals surface area contributed by atoms with E-state index >= 15 is 0 Å². The maximum Gasteiger partial charge on any atom is 0.317 e. The van der Waals surface area contributed by atoms with Crippen molar-refractivity contribution in [3.05, 3.63) is 48.1 Å². The lowest BCUT2D eigenvalue weighted by molar-refractivity contribution is 0.200. The minimum Gasteiger partial charge on any atom is -0.342 e. The number of aryl methyl sites for hydroxylation is 1. The van der Waals surface area contributed by atoms with Crippen LogP contribution in [0.15, 0.2) is 30.7 Å².